The molecule has 6 nitrogen and oxygen atoms in total. The summed E-state index contributed by atoms with van der Waals surface area (Å²) >= 11 is 2.47. The minimum atomic E-state index is -4.52. The second kappa shape index (κ2) is 7.98. The van der Waals surface area contributed by atoms with E-state index < -0.39 is 29.8 Å². The average Bonchev–Trinajstić information content (AvgIpc) is 3.38. The number of anilines is 1. The molecule has 156 valence electrons. The van der Waals surface area contributed by atoms with E-state index in [1.165, 1.54) is 23.5 Å². The van der Waals surface area contributed by atoms with E-state index in [-0.39, 0.29) is 10.9 Å². The van der Waals surface area contributed by atoms with Gasteiger partial charge in [0.15, 0.2) is 0 Å². The Morgan fingerprint density at radius 3 is 2.71 bits per heavy atom. The van der Waals surface area contributed by atoms with Gasteiger partial charge in [0.05, 0.1) is 27.0 Å². The highest BCUT2D eigenvalue weighted by atomic mass is 32.1. The van der Waals surface area contributed by atoms with Gasteiger partial charge in [-0.1, -0.05) is 0 Å². The van der Waals surface area contributed by atoms with Crippen LogP contribution in [0.25, 0.3) is 21.3 Å². The van der Waals surface area contributed by atoms with Crippen molar-refractivity contribution in [3.05, 3.63) is 68.9 Å². The second-order valence-electron chi connectivity index (χ2n) is 6.41. The zero-order valence-electron chi connectivity index (χ0n) is 15.4. The number of carbonyl (C=O) groups excluding carboxylic acids is 1. The summed E-state index contributed by atoms with van der Waals surface area (Å²) in [7, 11) is 0. The lowest BCUT2D eigenvalue weighted by Gasteiger charge is -2.13. The number of thiophene rings is 1. The van der Waals surface area contributed by atoms with Crippen LogP contribution < -0.4 is 10.9 Å². The monoisotopic (exact) mass is 460 g/mol. The topological polar surface area (TPSA) is 87.8 Å². The quantitative estimate of drug-likeness (QED) is 0.478. The summed E-state index contributed by atoms with van der Waals surface area (Å²) < 4.78 is 40.0. The van der Waals surface area contributed by atoms with Crippen molar-refractivity contribution >= 4 is 44.5 Å². The van der Waals surface area contributed by atoms with Gasteiger partial charge in [0.25, 0.3) is 5.56 Å². The van der Waals surface area contributed by atoms with Gasteiger partial charge in [-0.2, -0.15) is 18.4 Å². The second-order valence-corrected chi connectivity index (χ2v) is 8.17. The third-order valence-corrected chi connectivity index (χ3v) is 6.15. The molecule has 0 saturated heterocycles. The predicted octanol–water partition coefficient (Wildman–Crippen LogP) is 4.72. The minimum Gasteiger partial charge on any atom is -0.316 e. The number of pyridine rings is 1. The molecule has 1 N–H and O–H groups in total. The van der Waals surface area contributed by atoms with Crippen LogP contribution in [-0.2, 0) is 17.5 Å². The van der Waals surface area contributed by atoms with Gasteiger partial charge < -0.3 is 5.32 Å². The minimum absolute atomic E-state index is 0.190. The van der Waals surface area contributed by atoms with Crippen LogP contribution in [0.4, 0.5) is 18.2 Å². The molecule has 4 aromatic rings. The van der Waals surface area contributed by atoms with Gasteiger partial charge >= 0.3 is 6.18 Å². The average molecular weight is 460 g/mol. The van der Waals surface area contributed by atoms with E-state index in [0.29, 0.717) is 21.0 Å². The Morgan fingerprint density at radius 2 is 2.03 bits per heavy atom. The predicted molar refractivity (Wildman–Crippen MR) is 112 cm³/mol. The van der Waals surface area contributed by atoms with E-state index in [2.05, 4.69) is 16.4 Å². The molecule has 0 bridgehead atoms. The number of hydrogen-bond acceptors (Lipinski definition) is 6. The summed E-state index contributed by atoms with van der Waals surface area (Å²) in [5.74, 6) is -0.549. The fourth-order valence-electron chi connectivity index (χ4n) is 3.07. The van der Waals surface area contributed by atoms with E-state index in [9.17, 15) is 28.0 Å². The maximum Gasteiger partial charge on any atom is 0.416 e. The van der Waals surface area contributed by atoms with Gasteiger partial charge in [-0.3, -0.25) is 19.1 Å². The molecule has 3 heterocycles. The molecule has 1 aromatic carbocycles. The van der Waals surface area contributed by atoms with Gasteiger partial charge in [0.2, 0.25) is 5.91 Å². The Kier molecular flexibility index (Phi) is 5.34. The fraction of sp³-hybridized carbons (Fsp3) is 0.100. The van der Waals surface area contributed by atoms with Crippen LogP contribution in [0.3, 0.4) is 0 Å². The van der Waals surface area contributed by atoms with Gasteiger partial charge in [-0.25, -0.2) is 0 Å². The Bertz CT molecular complexity index is 1380. The third-order valence-electron chi connectivity index (χ3n) is 4.46. The number of nitrogens with one attached hydrogen (secondary N) is 1. The number of nitrogens with zero attached hydrogens (tertiary/aromatic N) is 3. The summed E-state index contributed by atoms with van der Waals surface area (Å²) in [5, 5.41) is 14.3. The first-order chi connectivity index (χ1) is 14.8. The molecule has 4 rings (SSSR count). The molecular weight excluding hydrogens is 449 g/mol. The number of carbonyl (C=O) groups is 1. The summed E-state index contributed by atoms with van der Waals surface area (Å²) in [4.78, 5) is 29.7. The molecule has 11 heteroatoms. The number of aromatic nitrogens is 2. The number of benzene rings is 1. The molecule has 0 radical (unpaired) electrons. The first-order valence-electron chi connectivity index (χ1n) is 8.69. The van der Waals surface area contributed by atoms with Crippen LogP contribution in [0.15, 0.2) is 52.2 Å². The lowest BCUT2D eigenvalue weighted by Crippen LogP contribution is -2.27. The number of halogens is 3. The zero-order valence-corrected chi connectivity index (χ0v) is 17.1. The van der Waals surface area contributed by atoms with Gasteiger partial charge in [-0.05, 0) is 29.7 Å². The largest absolute Gasteiger partial charge is 0.416 e. The Balaban J connectivity index is 1.66. The number of hydrogen-bond donors (Lipinski definition) is 1. The summed E-state index contributed by atoms with van der Waals surface area (Å²) in [5.41, 5.74) is 1.38. The molecule has 0 spiro atoms. The van der Waals surface area contributed by atoms with E-state index in [4.69, 9.17) is 0 Å². The Hall–Kier alpha value is -3.49. The van der Waals surface area contributed by atoms with Crippen LogP contribution in [0.1, 0.15) is 11.1 Å². The molecule has 0 aliphatic heterocycles. The fourth-order valence-corrected chi connectivity index (χ4v) is 4.74. The molecule has 0 aliphatic carbocycles. The molecule has 0 aliphatic rings. The van der Waals surface area contributed by atoms with Crippen molar-refractivity contribution in [1.29, 1.82) is 5.26 Å². The zero-order chi connectivity index (χ0) is 22.2. The summed E-state index contributed by atoms with van der Waals surface area (Å²) in [6.45, 7) is -0.399. The third kappa shape index (κ3) is 4.08. The highest BCUT2D eigenvalue weighted by Crippen LogP contribution is 2.38. The standard InChI is InChI=1S/C20H11F3N4O2S2/c21-20(22,23)13-2-3-14-11(5-13)1-4-17(29)27(14)8-16(28)26-19-18(12(6-24)9-30-19)15-7-25-10-31-15/h1-5,7,9-10H,8H2,(H,26,28). The van der Waals surface area contributed by atoms with Gasteiger partial charge in [-0.15, -0.1) is 22.7 Å². The van der Waals surface area contributed by atoms with E-state index in [1.807, 2.05) is 0 Å². The number of nitriles is 1. The van der Waals surface area contributed by atoms with E-state index >= 15 is 0 Å². The Morgan fingerprint density at radius 1 is 1.23 bits per heavy atom. The first-order valence-corrected chi connectivity index (χ1v) is 10.4. The molecule has 0 saturated carbocycles. The molecule has 3 aromatic heterocycles. The molecule has 31 heavy (non-hydrogen) atoms. The molecule has 0 atom stereocenters. The van der Waals surface area contributed by atoms with Gasteiger partial charge in [0, 0.05) is 23.2 Å². The lowest BCUT2D eigenvalue weighted by atomic mass is 10.1. The van der Waals surface area contributed by atoms with Crippen molar-refractivity contribution in [2.45, 2.75) is 12.7 Å². The number of fused-ring (bicyclic) bond motifs is 1. The van der Waals surface area contributed by atoms with E-state index in [0.717, 1.165) is 34.1 Å². The molecule has 0 fully saturated rings. The summed E-state index contributed by atoms with van der Waals surface area (Å²) in [6.07, 6.45) is -2.94. The van der Waals surface area contributed by atoms with E-state index in [1.54, 1.807) is 17.1 Å². The highest BCUT2D eigenvalue weighted by Gasteiger charge is 2.30. The van der Waals surface area contributed by atoms with Crippen molar-refractivity contribution in [3.63, 3.8) is 0 Å². The van der Waals surface area contributed by atoms with Crippen molar-refractivity contribution < 1.29 is 18.0 Å². The number of amides is 1. The van der Waals surface area contributed by atoms with Crippen molar-refractivity contribution in [2.24, 2.45) is 0 Å². The van der Waals surface area contributed by atoms with Crippen LogP contribution in [-0.4, -0.2) is 15.5 Å². The van der Waals surface area contributed by atoms with Crippen molar-refractivity contribution in [1.82, 2.24) is 9.55 Å². The molecule has 0 unspecified atom stereocenters. The summed E-state index contributed by atoms with van der Waals surface area (Å²) in [6, 6.07) is 7.47. The van der Waals surface area contributed by atoms with Crippen molar-refractivity contribution in [3.8, 4) is 16.5 Å². The van der Waals surface area contributed by atoms with Crippen LogP contribution in [0, 0.1) is 11.3 Å². The van der Waals surface area contributed by atoms with Crippen LogP contribution >= 0.6 is 22.7 Å². The van der Waals surface area contributed by atoms with Crippen LogP contribution in [0.2, 0.25) is 0 Å². The maximum atomic E-state index is 13.0. The van der Waals surface area contributed by atoms with Crippen molar-refractivity contribution in [2.75, 3.05) is 5.32 Å². The first kappa shape index (κ1) is 20.8. The number of thiazole rings is 1. The Labute approximate surface area is 180 Å². The maximum absolute atomic E-state index is 13.0. The number of alkyl halides is 3. The SMILES string of the molecule is N#Cc1csc(NC(=O)Cn2c(=O)ccc3cc(C(F)(F)F)ccc32)c1-c1cncs1. The number of rotatable bonds is 4. The highest BCUT2D eigenvalue weighted by molar-refractivity contribution is 7.17. The van der Waals surface area contributed by atoms with Crippen LogP contribution in [0.5, 0.6) is 0 Å². The van der Waals surface area contributed by atoms with Gasteiger partial charge in [0.1, 0.15) is 17.6 Å². The lowest BCUT2D eigenvalue weighted by molar-refractivity contribution is -0.137. The molecular formula is C20H11F3N4O2S2. The smallest absolute Gasteiger partial charge is 0.316 e. The normalized spacial score (nSPS) is 11.4. The molecule has 1 amide bonds.